The molecule has 0 unspecified atom stereocenters. The lowest BCUT2D eigenvalue weighted by atomic mass is 10.1. The van der Waals surface area contributed by atoms with Crippen LogP contribution in [0, 0.1) is 6.92 Å². The Bertz CT molecular complexity index is 995. The molecule has 0 radical (unpaired) electrons. The highest BCUT2D eigenvalue weighted by Crippen LogP contribution is 2.16. The van der Waals surface area contributed by atoms with E-state index in [4.69, 9.17) is 4.74 Å². The van der Waals surface area contributed by atoms with Gasteiger partial charge in [0.15, 0.2) is 0 Å². The zero-order valence-electron chi connectivity index (χ0n) is 14.9. The fourth-order valence-electron chi connectivity index (χ4n) is 2.85. The van der Waals surface area contributed by atoms with Crippen molar-refractivity contribution in [2.75, 3.05) is 7.11 Å². The number of ether oxygens (including phenoxy) is 1. The van der Waals surface area contributed by atoms with Crippen molar-refractivity contribution in [3.63, 3.8) is 0 Å². The van der Waals surface area contributed by atoms with Crippen LogP contribution in [0.15, 0.2) is 53.6 Å². The second-order valence-corrected chi connectivity index (χ2v) is 6.05. The molecular weight excluding hydrogens is 330 g/mol. The minimum atomic E-state index is -0.132. The van der Waals surface area contributed by atoms with Crippen LogP contribution in [0.5, 0.6) is 5.75 Å². The first-order chi connectivity index (χ1) is 12.6. The van der Waals surface area contributed by atoms with Gasteiger partial charge in [-0.2, -0.15) is 0 Å². The molecule has 0 saturated heterocycles. The summed E-state index contributed by atoms with van der Waals surface area (Å²) in [7, 11) is 1.60. The molecule has 1 aromatic heterocycles. The summed E-state index contributed by atoms with van der Waals surface area (Å²) < 4.78 is 6.74. The molecule has 1 heterocycles. The number of aryl methyl sites for hydroxylation is 2. The summed E-state index contributed by atoms with van der Waals surface area (Å²) in [5.74, 6) is 0.602. The van der Waals surface area contributed by atoms with E-state index in [1.807, 2.05) is 43.3 Å². The van der Waals surface area contributed by atoms with Crippen molar-refractivity contribution in [3.8, 4) is 5.75 Å². The topological polar surface area (TPSA) is 73.2 Å². The first-order valence-electron chi connectivity index (χ1n) is 8.43. The van der Waals surface area contributed by atoms with Crippen LogP contribution in [-0.4, -0.2) is 22.6 Å². The Morgan fingerprint density at radius 2 is 2.00 bits per heavy atom. The summed E-state index contributed by atoms with van der Waals surface area (Å²) in [5, 5.41) is 3.43. The fraction of sp³-hybridized carbons (Fsp3) is 0.250. The number of nitrogens with zero attached hydrogens (tertiary/aromatic N) is 2. The van der Waals surface area contributed by atoms with Crippen LogP contribution in [0.3, 0.4) is 0 Å². The zero-order chi connectivity index (χ0) is 18.5. The van der Waals surface area contributed by atoms with E-state index < -0.39 is 0 Å². The predicted molar refractivity (Wildman–Crippen MR) is 100 cm³/mol. The number of amides is 1. The molecule has 0 aliphatic rings. The largest absolute Gasteiger partial charge is 0.496 e. The molecule has 0 spiro atoms. The van der Waals surface area contributed by atoms with Gasteiger partial charge < -0.3 is 10.1 Å². The predicted octanol–water partition coefficient (Wildman–Crippen LogP) is 2.42. The number of aromatic nitrogens is 2. The van der Waals surface area contributed by atoms with Gasteiger partial charge in [-0.05, 0) is 24.6 Å². The molecule has 1 N–H and O–H groups in total. The van der Waals surface area contributed by atoms with Crippen LogP contribution >= 0.6 is 0 Å². The van der Waals surface area contributed by atoms with Gasteiger partial charge in [0.25, 0.3) is 5.56 Å². The maximum Gasteiger partial charge on any atom is 0.261 e. The lowest BCUT2D eigenvalue weighted by Crippen LogP contribution is -2.27. The van der Waals surface area contributed by atoms with Crippen LogP contribution in [0.25, 0.3) is 10.9 Å². The normalized spacial score (nSPS) is 10.7. The second-order valence-electron chi connectivity index (χ2n) is 6.05. The summed E-state index contributed by atoms with van der Waals surface area (Å²) in [6.07, 6.45) is 1.71. The highest BCUT2D eigenvalue weighted by molar-refractivity contribution is 5.80. The van der Waals surface area contributed by atoms with Crippen LogP contribution in [0.1, 0.15) is 17.5 Å². The third-order valence-electron chi connectivity index (χ3n) is 4.30. The Labute approximate surface area is 151 Å². The average molecular weight is 351 g/mol. The van der Waals surface area contributed by atoms with E-state index in [0.717, 1.165) is 16.9 Å². The molecule has 3 rings (SSSR count). The van der Waals surface area contributed by atoms with E-state index in [-0.39, 0.29) is 24.4 Å². The van der Waals surface area contributed by atoms with Crippen molar-refractivity contribution < 1.29 is 9.53 Å². The third kappa shape index (κ3) is 3.74. The fourth-order valence-corrected chi connectivity index (χ4v) is 2.85. The average Bonchev–Trinajstić information content (AvgIpc) is 2.66. The van der Waals surface area contributed by atoms with Crippen LogP contribution < -0.4 is 15.6 Å². The lowest BCUT2D eigenvalue weighted by molar-refractivity contribution is -0.121. The van der Waals surface area contributed by atoms with Gasteiger partial charge in [-0.1, -0.05) is 30.3 Å². The third-order valence-corrected chi connectivity index (χ3v) is 4.30. The molecule has 0 bridgehead atoms. The summed E-state index contributed by atoms with van der Waals surface area (Å²) in [5.41, 5.74) is 2.44. The zero-order valence-corrected chi connectivity index (χ0v) is 14.9. The van der Waals surface area contributed by atoms with E-state index in [1.165, 1.54) is 10.9 Å². The monoisotopic (exact) mass is 351 g/mol. The standard InChI is InChI=1S/C20H21N3O3/c1-14-6-5-8-16-19(14)22-13-23(20(16)25)11-10-18(24)21-12-15-7-3-4-9-17(15)26-2/h3-9,13H,10-12H2,1-2H3,(H,21,24). The molecule has 0 fully saturated rings. The van der Waals surface area contributed by atoms with Crippen LogP contribution in [0.4, 0.5) is 0 Å². The lowest BCUT2D eigenvalue weighted by Gasteiger charge is -2.10. The molecule has 2 aromatic carbocycles. The molecule has 1 amide bonds. The van der Waals surface area contributed by atoms with Gasteiger partial charge in [0.1, 0.15) is 5.75 Å². The summed E-state index contributed by atoms with van der Waals surface area (Å²) in [6.45, 7) is 2.59. The Morgan fingerprint density at radius 1 is 1.19 bits per heavy atom. The van der Waals surface area contributed by atoms with E-state index in [0.29, 0.717) is 17.4 Å². The van der Waals surface area contributed by atoms with Gasteiger partial charge in [0, 0.05) is 25.1 Å². The Hall–Kier alpha value is -3.15. The first-order valence-corrected chi connectivity index (χ1v) is 8.43. The minimum Gasteiger partial charge on any atom is -0.496 e. The Morgan fingerprint density at radius 3 is 2.81 bits per heavy atom. The van der Waals surface area contributed by atoms with E-state index in [2.05, 4.69) is 10.3 Å². The summed E-state index contributed by atoms with van der Waals surface area (Å²) in [4.78, 5) is 29.0. The quantitative estimate of drug-likeness (QED) is 0.740. The van der Waals surface area contributed by atoms with Crippen molar-refractivity contribution in [1.29, 1.82) is 0 Å². The highest BCUT2D eigenvalue weighted by Gasteiger charge is 2.09. The maximum atomic E-state index is 12.5. The van der Waals surface area contributed by atoms with Crippen molar-refractivity contribution in [3.05, 3.63) is 70.3 Å². The van der Waals surface area contributed by atoms with Crippen molar-refractivity contribution in [2.24, 2.45) is 0 Å². The van der Waals surface area contributed by atoms with E-state index in [1.54, 1.807) is 13.2 Å². The smallest absolute Gasteiger partial charge is 0.261 e. The highest BCUT2D eigenvalue weighted by atomic mass is 16.5. The van der Waals surface area contributed by atoms with Crippen molar-refractivity contribution in [1.82, 2.24) is 14.9 Å². The molecule has 0 atom stereocenters. The molecule has 6 nitrogen and oxygen atoms in total. The van der Waals surface area contributed by atoms with Gasteiger partial charge >= 0.3 is 0 Å². The number of benzene rings is 2. The van der Waals surface area contributed by atoms with Crippen LogP contribution in [0.2, 0.25) is 0 Å². The number of methoxy groups -OCH3 is 1. The molecule has 6 heteroatoms. The van der Waals surface area contributed by atoms with Gasteiger partial charge in [0.05, 0.1) is 24.3 Å². The maximum absolute atomic E-state index is 12.5. The number of nitrogens with one attached hydrogen (secondary N) is 1. The van der Waals surface area contributed by atoms with Gasteiger partial charge in [-0.25, -0.2) is 4.98 Å². The molecule has 0 saturated carbocycles. The molecular formula is C20H21N3O3. The molecule has 0 aliphatic heterocycles. The summed E-state index contributed by atoms with van der Waals surface area (Å²) >= 11 is 0. The number of hydrogen-bond donors (Lipinski definition) is 1. The molecule has 134 valence electrons. The van der Waals surface area contributed by atoms with E-state index in [9.17, 15) is 9.59 Å². The van der Waals surface area contributed by atoms with Crippen molar-refractivity contribution in [2.45, 2.75) is 26.4 Å². The van der Waals surface area contributed by atoms with Gasteiger partial charge in [-0.3, -0.25) is 14.2 Å². The van der Waals surface area contributed by atoms with Gasteiger partial charge in [-0.15, -0.1) is 0 Å². The number of fused-ring (bicyclic) bond motifs is 1. The second kappa shape index (κ2) is 7.82. The van der Waals surface area contributed by atoms with Crippen molar-refractivity contribution >= 4 is 16.8 Å². The minimum absolute atomic E-state index is 0.128. The number of rotatable bonds is 6. The number of para-hydroxylation sites is 2. The summed E-state index contributed by atoms with van der Waals surface area (Å²) in [6, 6.07) is 13.0. The molecule has 0 aliphatic carbocycles. The van der Waals surface area contributed by atoms with Gasteiger partial charge in [0.2, 0.25) is 5.91 Å². The SMILES string of the molecule is COc1ccccc1CNC(=O)CCn1cnc2c(C)cccc2c1=O. The first kappa shape index (κ1) is 17.7. The Balaban J connectivity index is 1.64. The van der Waals surface area contributed by atoms with E-state index >= 15 is 0 Å². The Kier molecular flexibility index (Phi) is 5.31. The number of carbonyl (C=O) groups excluding carboxylic acids is 1. The van der Waals surface area contributed by atoms with Crippen LogP contribution in [-0.2, 0) is 17.9 Å². The molecule has 3 aromatic rings. The number of carbonyl (C=O) groups is 1. The number of hydrogen-bond acceptors (Lipinski definition) is 4. The molecule has 26 heavy (non-hydrogen) atoms.